The first kappa shape index (κ1) is 12.8. The highest BCUT2D eigenvalue weighted by Crippen LogP contribution is 2.32. The van der Waals surface area contributed by atoms with E-state index in [1.165, 1.54) is 4.88 Å². The molecule has 2 rings (SSSR count). The van der Waals surface area contributed by atoms with Crippen LogP contribution in [0, 0.1) is 0 Å². The zero-order valence-corrected chi connectivity index (χ0v) is 11.6. The van der Waals surface area contributed by atoms with Crippen LogP contribution in [0.4, 0.5) is 5.13 Å². The van der Waals surface area contributed by atoms with Gasteiger partial charge in [-0.2, -0.15) is 0 Å². The minimum atomic E-state index is 0.403. The van der Waals surface area contributed by atoms with Gasteiger partial charge in [0.05, 0.1) is 24.9 Å². The van der Waals surface area contributed by atoms with Crippen molar-refractivity contribution in [3.8, 4) is 0 Å². The Bertz CT molecular complexity index is 378. The first-order chi connectivity index (χ1) is 8.13. The van der Waals surface area contributed by atoms with Gasteiger partial charge in [0.1, 0.15) is 0 Å². The van der Waals surface area contributed by atoms with Crippen molar-refractivity contribution in [3.63, 3.8) is 0 Å². The molecule has 5 heteroatoms. The van der Waals surface area contributed by atoms with Crippen LogP contribution < -0.4 is 10.6 Å². The molecule has 17 heavy (non-hydrogen) atoms. The molecule has 0 amide bonds. The number of nitrogens with two attached hydrogens (primary N) is 1. The molecule has 0 radical (unpaired) electrons. The first-order valence-electron chi connectivity index (χ1n) is 6.17. The van der Waals surface area contributed by atoms with Gasteiger partial charge in [0.25, 0.3) is 0 Å². The third-order valence-corrected chi connectivity index (χ3v) is 4.19. The summed E-state index contributed by atoms with van der Waals surface area (Å²) in [5, 5.41) is 1.10. The molecule has 0 aromatic carbocycles. The van der Waals surface area contributed by atoms with E-state index >= 15 is 0 Å². The Morgan fingerprint density at radius 2 is 2.35 bits per heavy atom. The number of thiazole rings is 1. The van der Waals surface area contributed by atoms with Crippen molar-refractivity contribution in [1.29, 1.82) is 0 Å². The van der Waals surface area contributed by atoms with Gasteiger partial charge in [-0.3, -0.25) is 0 Å². The second kappa shape index (κ2) is 5.33. The van der Waals surface area contributed by atoms with Crippen LogP contribution in [-0.4, -0.2) is 30.8 Å². The summed E-state index contributed by atoms with van der Waals surface area (Å²) in [7, 11) is 0. The second-order valence-electron chi connectivity index (χ2n) is 4.78. The van der Waals surface area contributed by atoms with Crippen LogP contribution in [-0.2, 0) is 11.3 Å². The zero-order chi connectivity index (χ0) is 12.4. The fraction of sp³-hybridized carbons (Fsp3) is 0.750. The molecule has 4 nitrogen and oxygen atoms in total. The smallest absolute Gasteiger partial charge is 0.186 e. The molecule has 1 atom stereocenters. The van der Waals surface area contributed by atoms with Crippen LogP contribution in [0.5, 0.6) is 0 Å². The van der Waals surface area contributed by atoms with Crippen molar-refractivity contribution in [3.05, 3.63) is 10.6 Å². The van der Waals surface area contributed by atoms with Crippen LogP contribution in [0.2, 0.25) is 0 Å². The molecular formula is C12H21N3OS. The second-order valence-corrected chi connectivity index (χ2v) is 5.84. The lowest BCUT2D eigenvalue weighted by Crippen LogP contribution is -2.43. The van der Waals surface area contributed by atoms with E-state index in [-0.39, 0.29) is 0 Å². The maximum atomic E-state index is 5.79. The van der Waals surface area contributed by atoms with E-state index in [0.717, 1.165) is 30.6 Å². The number of hydrogen-bond acceptors (Lipinski definition) is 5. The summed E-state index contributed by atoms with van der Waals surface area (Å²) in [6.45, 7) is 9.60. The van der Waals surface area contributed by atoms with Gasteiger partial charge in [0, 0.05) is 18.0 Å². The molecule has 1 aromatic heterocycles. The Kier molecular flexibility index (Phi) is 4.01. The summed E-state index contributed by atoms with van der Waals surface area (Å²) in [4.78, 5) is 8.31. The number of aromatic nitrogens is 1. The van der Waals surface area contributed by atoms with E-state index in [1.54, 1.807) is 11.3 Å². The van der Waals surface area contributed by atoms with Crippen LogP contribution in [0.25, 0.3) is 0 Å². The Morgan fingerprint density at radius 3 is 2.88 bits per heavy atom. The number of ether oxygens (including phenoxy) is 1. The summed E-state index contributed by atoms with van der Waals surface area (Å²) in [6.07, 6.45) is 0. The van der Waals surface area contributed by atoms with Gasteiger partial charge in [-0.05, 0) is 12.8 Å². The largest absolute Gasteiger partial charge is 0.377 e. The number of nitrogens with zero attached hydrogens (tertiary/aromatic N) is 2. The molecule has 2 N–H and O–H groups in total. The van der Waals surface area contributed by atoms with Gasteiger partial charge >= 0.3 is 0 Å². The van der Waals surface area contributed by atoms with Crippen LogP contribution >= 0.6 is 11.3 Å². The molecule has 0 saturated carbocycles. The van der Waals surface area contributed by atoms with E-state index in [9.17, 15) is 0 Å². The van der Waals surface area contributed by atoms with Crippen molar-refractivity contribution in [2.24, 2.45) is 5.73 Å². The van der Waals surface area contributed by atoms with Gasteiger partial charge in [0.2, 0.25) is 0 Å². The molecule has 2 heterocycles. The Morgan fingerprint density at radius 1 is 1.59 bits per heavy atom. The highest BCUT2D eigenvalue weighted by molar-refractivity contribution is 7.15. The average molecular weight is 255 g/mol. The lowest BCUT2D eigenvalue weighted by atomic mass is 10.1. The standard InChI is InChI=1S/C12H21N3OS/c1-8(2)11-10(6-13)17-12(14-11)15-4-5-16-7-9(15)3/h8-9H,4-7,13H2,1-3H3. The van der Waals surface area contributed by atoms with Crippen LogP contribution in [0.15, 0.2) is 0 Å². The topological polar surface area (TPSA) is 51.4 Å². The summed E-state index contributed by atoms with van der Waals surface area (Å²) in [5.74, 6) is 0.440. The van der Waals surface area contributed by atoms with Crippen LogP contribution in [0.3, 0.4) is 0 Å². The molecule has 0 aliphatic carbocycles. The van der Waals surface area contributed by atoms with E-state index < -0.39 is 0 Å². The molecule has 1 aliphatic heterocycles. The maximum Gasteiger partial charge on any atom is 0.186 e. The fourth-order valence-corrected chi connectivity index (χ4v) is 3.30. The van der Waals surface area contributed by atoms with Gasteiger partial charge < -0.3 is 15.4 Å². The molecule has 1 unspecified atom stereocenters. The average Bonchev–Trinajstić information content (AvgIpc) is 2.73. The number of rotatable bonds is 3. The van der Waals surface area contributed by atoms with Gasteiger partial charge in [-0.25, -0.2) is 4.98 Å². The molecule has 1 aliphatic rings. The van der Waals surface area contributed by atoms with E-state index in [4.69, 9.17) is 15.5 Å². The minimum Gasteiger partial charge on any atom is -0.377 e. The Balaban J connectivity index is 2.26. The van der Waals surface area contributed by atoms with Gasteiger partial charge in [-0.15, -0.1) is 11.3 Å². The highest BCUT2D eigenvalue weighted by Gasteiger charge is 2.23. The lowest BCUT2D eigenvalue weighted by Gasteiger charge is -2.32. The molecule has 1 saturated heterocycles. The number of morpholine rings is 1. The molecule has 1 aromatic rings. The zero-order valence-electron chi connectivity index (χ0n) is 10.8. The van der Waals surface area contributed by atoms with E-state index in [2.05, 4.69) is 25.7 Å². The fourth-order valence-electron chi connectivity index (χ4n) is 2.08. The summed E-state index contributed by atoms with van der Waals surface area (Å²) < 4.78 is 5.45. The van der Waals surface area contributed by atoms with Gasteiger partial charge in [0.15, 0.2) is 5.13 Å². The highest BCUT2D eigenvalue weighted by atomic mass is 32.1. The Labute approximate surface area is 107 Å². The van der Waals surface area contributed by atoms with Gasteiger partial charge in [-0.1, -0.05) is 13.8 Å². The monoisotopic (exact) mass is 255 g/mol. The normalized spacial score (nSPS) is 21.2. The molecular weight excluding hydrogens is 234 g/mol. The summed E-state index contributed by atoms with van der Waals surface area (Å²) in [5.41, 5.74) is 6.95. The maximum absolute atomic E-state index is 5.79. The molecule has 0 spiro atoms. The van der Waals surface area contributed by atoms with Crippen molar-refractivity contribution < 1.29 is 4.74 Å². The number of anilines is 1. The van der Waals surface area contributed by atoms with Crippen molar-refractivity contribution in [1.82, 2.24) is 4.98 Å². The molecule has 96 valence electrons. The van der Waals surface area contributed by atoms with Crippen molar-refractivity contribution >= 4 is 16.5 Å². The van der Waals surface area contributed by atoms with E-state index in [0.29, 0.717) is 18.5 Å². The third kappa shape index (κ3) is 2.61. The predicted octanol–water partition coefficient (Wildman–Crippen LogP) is 1.95. The molecule has 0 bridgehead atoms. The minimum absolute atomic E-state index is 0.403. The molecule has 1 fully saturated rings. The number of hydrogen-bond donors (Lipinski definition) is 1. The SMILES string of the molecule is CC(C)c1nc(N2CCOCC2C)sc1CN. The predicted molar refractivity (Wildman–Crippen MR) is 71.7 cm³/mol. The van der Waals surface area contributed by atoms with Crippen LogP contribution in [0.1, 0.15) is 37.3 Å². The third-order valence-electron chi connectivity index (χ3n) is 3.06. The quantitative estimate of drug-likeness (QED) is 0.897. The Hall–Kier alpha value is -0.650. The van der Waals surface area contributed by atoms with E-state index in [1.807, 2.05) is 0 Å². The summed E-state index contributed by atoms with van der Waals surface area (Å²) in [6, 6.07) is 0.403. The lowest BCUT2D eigenvalue weighted by molar-refractivity contribution is 0.0989. The van der Waals surface area contributed by atoms with Crippen molar-refractivity contribution in [2.75, 3.05) is 24.7 Å². The summed E-state index contributed by atoms with van der Waals surface area (Å²) >= 11 is 1.73. The first-order valence-corrected chi connectivity index (χ1v) is 6.99. The van der Waals surface area contributed by atoms with Crippen molar-refractivity contribution in [2.45, 2.75) is 39.3 Å².